The van der Waals surface area contributed by atoms with Gasteiger partial charge in [0.2, 0.25) is 0 Å². The Labute approximate surface area is 116 Å². The fourth-order valence-corrected chi connectivity index (χ4v) is 2.42. The molecule has 1 fully saturated rings. The van der Waals surface area contributed by atoms with E-state index in [-0.39, 0.29) is 12.2 Å². The number of hydrogen-bond acceptors (Lipinski definition) is 3. The minimum Gasteiger partial charge on any atom is -0.381 e. The Balaban J connectivity index is 2.13. The van der Waals surface area contributed by atoms with E-state index in [4.69, 9.17) is 33.7 Å². The number of rotatable bonds is 3. The molecule has 3 nitrogen and oxygen atoms in total. The highest BCUT2D eigenvalue weighted by Crippen LogP contribution is 2.25. The molecule has 0 aliphatic carbocycles. The number of hydrogen-bond donors (Lipinski definition) is 1. The van der Waals surface area contributed by atoms with Crippen LogP contribution >= 0.6 is 23.2 Å². The number of halogens is 2. The lowest BCUT2D eigenvalue weighted by molar-refractivity contribution is -0.126. The molecule has 2 rings (SSSR count). The number of carbonyl (C=O) groups excluding carboxylic acids is 1. The van der Waals surface area contributed by atoms with E-state index >= 15 is 0 Å². The van der Waals surface area contributed by atoms with Gasteiger partial charge in [0, 0.05) is 29.7 Å². The second-order valence-electron chi connectivity index (χ2n) is 4.60. The molecule has 0 spiro atoms. The summed E-state index contributed by atoms with van der Waals surface area (Å²) in [4.78, 5) is 12.3. The van der Waals surface area contributed by atoms with Crippen molar-refractivity contribution in [3.63, 3.8) is 0 Å². The lowest BCUT2D eigenvalue weighted by Crippen LogP contribution is -2.52. The predicted molar refractivity (Wildman–Crippen MR) is 72.1 cm³/mol. The average molecular weight is 288 g/mol. The van der Waals surface area contributed by atoms with Crippen LogP contribution in [0, 0.1) is 0 Å². The third kappa shape index (κ3) is 3.04. The van der Waals surface area contributed by atoms with Crippen molar-refractivity contribution in [2.75, 3.05) is 13.2 Å². The number of Topliss-reactive ketones (excluding diaryl/α,β-unsaturated/α-hetero) is 1. The second-order valence-corrected chi connectivity index (χ2v) is 5.45. The molecule has 1 heterocycles. The van der Waals surface area contributed by atoms with Gasteiger partial charge in [0.25, 0.3) is 0 Å². The number of ketones is 1. The molecule has 1 aromatic carbocycles. The molecule has 1 aromatic rings. The Morgan fingerprint density at radius 2 is 2.00 bits per heavy atom. The monoisotopic (exact) mass is 287 g/mol. The summed E-state index contributed by atoms with van der Waals surface area (Å²) in [6.45, 7) is 1.07. The first-order chi connectivity index (χ1) is 8.51. The van der Waals surface area contributed by atoms with Gasteiger partial charge in [-0.1, -0.05) is 23.2 Å². The van der Waals surface area contributed by atoms with Crippen molar-refractivity contribution in [1.29, 1.82) is 0 Å². The maximum Gasteiger partial charge on any atom is 0.157 e. The van der Waals surface area contributed by atoms with E-state index in [1.165, 1.54) is 0 Å². The van der Waals surface area contributed by atoms with Gasteiger partial charge in [0.15, 0.2) is 5.78 Å². The third-order valence-electron chi connectivity index (χ3n) is 3.30. The minimum absolute atomic E-state index is 0.00466. The van der Waals surface area contributed by atoms with Crippen LogP contribution in [0.5, 0.6) is 0 Å². The summed E-state index contributed by atoms with van der Waals surface area (Å²) in [5, 5.41) is 1.11. The Hall–Kier alpha value is -0.610. The van der Waals surface area contributed by atoms with Crippen LogP contribution < -0.4 is 5.73 Å². The molecule has 18 heavy (non-hydrogen) atoms. The third-order valence-corrected chi connectivity index (χ3v) is 3.90. The quantitative estimate of drug-likeness (QED) is 0.930. The lowest BCUT2D eigenvalue weighted by Gasteiger charge is -2.31. The SMILES string of the molecule is NC1(C(=O)Cc2cc(Cl)ccc2Cl)CCOCC1. The Kier molecular flexibility index (Phi) is 4.28. The molecule has 1 aliphatic rings. The van der Waals surface area contributed by atoms with Crippen molar-refractivity contribution in [2.24, 2.45) is 5.73 Å². The molecular weight excluding hydrogens is 273 g/mol. The zero-order chi connectivity index (χ0) is 13.2. The average Bonchev–Trinajstić information content (AvgIpc) is 2.35. The summed E-state index contributed by atoms with van der Waals surface area (Å²) in [7, 11) is 0. The fraction of sp³-hybridized carbons (Fsp3) is 0.462. The molecule has 5 heteroatoms. The normalized spacial score (nSPS) is 18.6. The van der Waals surface area contributed by atoms with Crippen molar-refractivity contribution in [1.82, 2.24) is 0 Å². The standard InChI is InChI=1S/C13H15Cl2NO2/c14-10-1-2-11(15)9(7-10)8-12(17)13(16)3-5-18-6-4-13/h1-2,7H,3-6,8,16H2. The molecule has 0 atom stereocenters. The molecule has 2 N–H and O–H groups in total. The fourth-order valence-electron chi connectivity index (χ4n) is 2.04. The van der Waals surface area contributed by atoms with Gasteiger partial charge in [-0.15, -0.1) is 0 Å². The van der Waals surface area contributed by atoms with Gasteiger partial charge in [0.05, 0.1) is 5.54 Å². The Morgan fingerprint density at radius 1 is 1.33 bits per heavy atom. The number of carbonyl (C=O) groups is 1. The highest BCUT2D eigenvalue weighted by Gasteiger charge is 2.35. The van der Waals surface area contributed by atoms with Gasteiger partial charge in [-0.05, 0) is 36.6 Å². The van der Waals surface area contributed by atoms with E-state index in [0.717, 1.165) is 5.56 Å². The van der Waals surface area contributed by atoms with Gasteiger partial charge in [0.1, 0.15) is 0 Å². The summed E-state index contributed by atoms with van der Waals surface area (Å²) < 4.78 is 5.23. The first kappa shape index (κ1) is 13.8. The summed E-state index contributed by atoms with van der Waals surface area (Å²) in [6.07, 6.45) is 1.34. The van der Waals surface area contributed by atoms with E-state index in [9.17, 15) is 4.79 Å². The van der Waals surface area contributed by atoms with Crippen LogP contribution in [0.1, 0.15) is 18.4 Å². The molecule has 1 aliphatic heterocycles. The number of benzene rings is 1. The highest BCUT2D eigenvalue weighted by atomic mass is 35.5. The molecule has 0 radical (unpaired) electrons. The number of ether oxygens (including phenoxy) is 1. The van der Waals surface area contributed by atoms with Crippen LogP contribution in [0.15, 0.2) is 18.2 Å². The molecule has 98 valence electrons. The van der Waals surface area contributed by atoms with E-state index in [1.54, 1.807) is 18.2 Å². The molecule has 0 saturated carbocycles. The summed E-state index contributed by atoms with van der Waals surface area (Å²) in [5.74, 6) is -0.00466. The maximum absolute atomic E-state index is 12.3. The topological polar surface area (TPSA) is 52.3 Å². The van der Waals surface area contributed by atoms with E-state index in [2.05, 4.69) is 0 Å². The Morgan fingerprint density at radius 3 is 2.67 bits per heavy atom. The number of nitrogens with two attached hydrogens (primary N) is 1. The van der Waals surface area contributed by atoms with Crippen LogP contribution in [0.4, 0.5) is 0 Å². The first-order valence-corrected chi connectivity index (χ1v) is 6.61. The zero-order valence-corrected chi connectivity index (χ0v) is 11.4. The molecule has 0 aromatic heterocycles. The minimum atomic E-state index is -0.788. The lowest BCUT2D eigenvalue weighted by atomic mass is 9.84. The van der Waals surface area contributed by atoms with Crippen LogP contribution in [-0.4, -0.2) is 24.5 Å². The second kappa shape index (κ2) is 5.57. The predicted octanol–water partition coefficient (Wildman–Crippen LogP) is 2.61. The van der Waals surface area contributed by atoms with Crippen molar-refractivity contribution >= 4 is 29.0 Å². The molecule has 0 amide bonds. The van der Waals surface area contributed by atoms with Crippen molar-refractivity contribution < 1.29 is 9.53 Å². The first-order valence-electron chi connectivity index (χ1n) is 5.85. The molecule has 1 saturated heterocycles. The summed E-state index contributed by atoms with van der Waals surface area (Å²) in [5.41, 5.74) is 6.07. The van der Waals surface area contributed by atoms with Gasteiger partial charge < -0.3 is 10.5 Å². The van der Waals surface area contributed by atoms with Gasteiger partial charge >= 0.3 is 0 Å². The summed E-state index contributed by atoms with van der Waals surface area (Å²) >= 11 is 11.9. The smallest absolute Gasteiger partial charge is 0.157 e. The van der Waals surface area contributed by atoms with Crippen molar-refractivity contribution in [3.8, 4) is 0 Å². The highest BCUT2D eigenvalue weighted by molar-refractivity contribution is 6.33. The largest absolute Gasteiger partial charge is 0.381 e. The maximum atomic E-state index is 12.3. The van der Waals surface area contributed by atoms with Crippen molar-refractivity contribution in [3.05, 3.63) is 33.8 Å². The summed E-state index contributed by atoms with van der Waals surface area (Å²) in [6, 6.07) is 5.11. The zero-order valence-electron chi connectivity index (χ0n) is 9.92. The molecular formula is C13H15Cl2NO2. The van der Waals surface area contributed by atoms with Crippen LogP contribution in [0.3, 0.4) is 0 Å². The van der Waals surface area contributed by atoms with Crippen LogP contribution in [-0.2, 0) is 16.0 Å². The molecule has 0 bridgehead atoms. The Bertz CT molecular complexity index is 456. The van der Waals surface area contributed by atoms with Gasteiger partial charge in [-0.3, -0.25) is 4.79 Å². The van der Waals surface area contributed by atoms with Crippen LogP contribution in [0.2, 0.25) is 10.0 Å². The van der Waals surface area contributed by atoms with Crippen molar-refractivity contribution in [2.45, 2.75) is 24.8 Å². The molecule has 0 unspecified atom stereocenters. The van der Waals surface area contributed by atoms with Crippen LogP contribution in [0.25, 0.3) is 0 Å². The van der Waals surface area contributed by atoms with Gasteiger partial charge in [-0.2, -0.15) is 0 Å². The van der Waals surface area contributed by atoms with E-state index in [1.807, 2.05) is 0 Å². The van der Waals surface area contributed by atoms with E-state index < -0.39 is 5.54 Å². The van der Waals surface area contributed by atoms with Gasteiger partial charge in [-0.25, -0.2) is 0 Å². The van der Waals surface area contributed by atoms with E-state index in [0.29, 0.717) is 36.1 Å².